The van der Waals surface area contributed by atoms with Gasteiger partial charge in [0.25, 0.3) is 11.8 Å². The van der Waals surface area contributed by atoms with Crippen LogP contribution < -0.4 is 0 Å². The molecule has 0 N–H and O–H groups in total. The summed E-state index contributed by atoms with van der Waals surface area (Å²) in [6, 6.07) is 19.4. The summed E-state index contributed by atoms with van der Waals surface area (Å²) in [4.78, 5) is 41.9. The fourth-order valence-electron chi connectivity index (χ4n) is 4.96. The van der Waals surface area contributed by atoms with Gasteiger partial charge in [0.15, 0.2) is 0 Å². The molecule has 31 heavy (non-hydrogen) atoms. The predicted molar refractivity (Wildman–Crippen MR) is 119 cm³/mol. The molecule has 5 heteroatoms. The summed E-state index contributed by atoms with van der Waals surface area (Å²) >= 11 is 0. The molecule has 0 spiro atoms. The first-order valence-electron chi connectivity index (χ1n) is 10.8. The van der Waals surface area contributed by atoms with E-state index in [0.29, 0.717) is 24.0 Å². The zero-order valence-electron chi connectivity index (χ0n) is 17.5. The highest BCUT2D eigenvalue weighted by molar-refractivity contribution is 6.25. The minimum Gasteiger partial charge on any atom is -0.339 e. The zero-order valence-corrected chi connectivity index (χ0v) is 17.5. The highest BCUT2D eigenvalue weighted by Crippen LogP contribution is 2.35. The molecule has 2 aliphatic rings. The Labute approximate surface area is 181 Å². The average molecular weight is 412 g/mol. The molecular weight excluding hydrogens is 388 g/mol. The molecule has 3 aromatic rings. The van der Waals surface area contributed by atoms with Gasteiger partial charge in [-0.3, -0.25) is 19.3 Å². The number of hydrogen-bond acceptors (Lipinski definition) is 3. The Morgan fingerprint density at radius 2 is 1.65 bits per heavy atom. The van der Waals surface area contributed by atoms with Gasteiger partial charge in [-0.05, 0) is 47.9 Å². The van der Waals surface area contributed by atoms with Crippen molar-refractivity contribution in [2.45, 2.75) is 31.7 Å². The van der Waals surface area contributed by atoms with E-state index >= 15 is 0 Å². The lowest BCUT2D eigenvalue weighted by Gasteiger charge is -2.28. The van der Waals surface area contributed by atoms with Gasteiger partial charge in [-0.25, -0.2) is 0 Å². The van der Waals surface area contributed by atoms with Crippen molar-refractivity contribution in [1.82, 2.24) is 9.80 Å². The largest absolute Gasteiger partial charge is 0.339 e. The van der Waals surface area contributed by atoms with Crippen LogP contribution in [0.4, 0.5) is 0 Å². The summed E-state index contributed by atoms with van der Waals surface area (Å²) in [6.07, 6.45) is 2.68. The van der Waals surface area contributed by atoms with Gasteiger partial charge >= 0.3 is 0 Å². The number of carbonyl (C=O) groups is 3. The lowest BCUT2D eigenvalue weighted by molar-refractivity contribution is -0.132. The summed E-state index contributed by atoms with van der Waals surface area (Å²) in [5, 5.41) is 1.62. The number of amides is 3. The highest BCUT2D eigenvalue weighted by atomic mass is 16.2. The van der Waals surface area contributed by atoms with E-state index in [1.54, 1.807) is 12.1 Å². The number of imide groups is 1. The van der Waals surface area contributed by atoms with Crippen LogP contribution in [-0.2, 0) is 11.2 Å². The Balaban J connectivity index is 1.26. The molecule has 0 saturated carbocycles. The Bertz CT molecular complexity index is 1170. The summed E-state index contributed by atoms with van der Waals surface area (Å²) < 4.78 is 0. The number of benzene rings is 3. The third-order valence-electron chi connectivity index (χ3n) is 6.59. The Hall–Kier alpha value is -3.47. The van der Waals surface area contributed by atoms with E-state index in [2.05, 4.69) is 12.1 Å². The smallest absolute Gasteiger partial charge is 0.261 e. The minimum atomic E-state index is -0.278. The van der Waals surface area contributed by atoms with Gasteiger partial charge in [0.2, 0.25) is 5.91 Å². The molecule has 1 atom stereocenters. The number of carbonyl (C=O) groups excluding carboxylic acids is 3. The molecule has 1 aliphatic carbocycles. The third-order valence-corrected chi connectivity index (χ3v) is 6.59. The predicted octanol–water partition coefficient (Wildman–Crippen LogP) is 4.36. The quantitative estimate of drug-likeness (QED) is 0.585. The molecule has 0 saturated heterocycles. The monoisotopic (exact) mass is 412 g/mol. The van der Waals surface area contributed by atoms with Gasteiger partial charge in [0.05, 0.1) is 6.04 Å². The maximum Gasteiger partial charge on any atom is 0.261 e. The minimum absolute atomic E-state index is 0.0427. The lowest BCUT2D eigenvalue weighted by Crippen LogP contribution is -2.41. The Morgan fingerprint density at radius 3 is 2.35 bits per heavy atom. The molecule has 156 valence electrons. The van der Waals surface area contributed by atoms with E-state index in [-0.39, 0.29) is 30.3 Å². The van der Waals surface area contributed by atoms with Crippen LogP contribution in [0.5, 0.6) is 0 Å². The molecule has 1 heterocycles. The van der Waals surface area contributed by atoms with Crippen molar-refractivity contribution < 1.29 is 14.4 Å². The SMILES string of the molecule is CN(C(=O)CCCN1C(=O)c2cccc3cccc(c23)C1=O)C1CCc2ccccc21. The summed E-state index contributed by atoms with van der Waals surface area (Å²) in [5.74, 6) is -0.513. The van der Waals surface area contributed by atoms with Crippen LogP contribution in [0, 0.1) is 0 Å². The second kappa shape index (κ2) is 7.65. The van der Waals surface area contributed by atoms with E-state index in [1.807, 2.05) is 48.3 Å². The van der Waals surface area contributed by atoms with Crippen LogP contribution in [-0.4, -0.2) is 41.1 Å². The first kappa shape index (κ1) is 19.5. The topological polar surface area (TPSA) is 57.7 Å². The van der Waals surface area contributed by atoms with Crippen molar-refractivity contribution in [1.29, 1.82) is 0 Å². The molecule has 0 radical (unpaired) electrons. The van der Waals surface area contributed by atoms with Crippen molar-refractivity contribution in [2.75, 3.05) is 13.6 Å². The first-order valence-corrected chi connectivity index (χ1v) is 10.8. The van der Waals surface area contributed by atoms with E-state index in [1.165, 1.54) is 16.0 Å². The van der Waals surface area contributed by atoms with Crippen LogP contribution in [0.2, 0.25) is 0 Å². The molecule has 1 aliphatic heterocycles. The number of aryl methyl sites for hydroxylation is 1. The molecule has 0 fully saturated rings. The average Bonchev–Trinajstić information content (AvgIpc) is 3.23. The molecule has 0 bridgehead atoms. The van der Waals surface area contributed by atoms with Gasteiger partial charge in [-0.15, -0.1) is 0 Å². The summed E-state index contributed by atoms with van der Waals surface area (Å²) in [6.45, 7) is 0.239. The second-order valence-electron chi connectivity index (χ2n) is 8.33. The van der Waals surface area contributed by atoms with E-state index in [9.17, 15) is 14.4 Å². The van der Waals surface area contributed by atoms with Crippen molar-refractivity contribution in [2.24, 2.45) is 0 Å². The lowest BCUT2D eigenvalue weighted by atomic mass is 9.94. The zero-order chi connectivity index (χ0) is 21.5. The van der Waals surface area contributed by atoms with Crippen LogP contribution in [0.3, 0.4) is 0 Å². The first-order chi connectivity index (χ1) is 15.1. The molecule has 3 aromatic carbocycles. The van der Waals surface area contributed by atoms with Gasteiger partial charge in [0, 0.05) is 36.5 Å². The molecular formula is C26H24N2O3. The normalized spacial score (nSPS) is 17.2. The maximum absolute atomic E-state index is 13.0. The molecule has 5 nitrogen and oxygen atoms in total. The van der Waals surface area contributed by atoms with E-state index < -0.39 is 0 Å². The van der Waals surface area contributed by atoms with Crippen molar-refractivity contribution in [3.63, 3.8) is 0 Å². The van der Waals surface area contributed by atoms with Crippen LogP contribution in [0.25, 0.3) is 10.8 Å². The summed E-state index contributed by atoms with van der Waals surface area (Å²) in [5.41, 5.74) is 3.64. The van der Waals surface area contributed by atoms with Crippen LogP contribution in [0.15, 0.2) is 60.7 Å². The standard InChI is InChI=1S/C26H24N2O3/c1-27(22-15-14-17-7-2-3-10-19(17)22)23(29)13-6-16-28-25(30)20-11-4-8-18-9-5-12-21(24(18)20)26(28)31/h2-5,7-12,22H,6,13-16H2,1H3. The van der Waals surface area contributed by atoms with Crippen molar-refractivity contribution in [3.05, 3.63) is 82.9 Å². The fourth-order valence-corrected chi connectivity index (χ4v) is 4.96. The Morgan fingerprint density at radius 1 is 0.968 bits per heavy atom. The second-order valence-corrected chi connectivity index (χ2v) is 8.33. The van der Waals surface area contributed by atoms with Gasteiger partial charge < -0.3 is 4.90 Å². The molecule has 1 unspecified atom stereocenters. The van der Waals surface area contributed by atoms with Gasteiger partial charge in [-0.1, -0.05) is 48.5 Å². The van der Waals surface area contributed by atoms with Gasteiger partial charge in [-0.2, -0.15) is 0 Å². The summed E-state index contributed by atoms with van der Waals surface area (Å²) in [7, 11) is 1.85. The van der Waals surface area contributed by atoms with Crippen LogP contribution >= 0.6 is 0 Å². The van der Waals surface area contributed by atoms with Crippen molar-refractivity contribution in [3.8, 4) is 0 Å². The van der Waals surface area contributed by atoms with Crippen LogP contribution in [0.1, 0.15) is 57.1 Å². The Kier molecular flexibility index (Phi) is 4.81. The fraction of sp³-hybridized carbons (Fsp3) is 0.269. The van der Waals surface area contributed by atoms with Crippen molar-refractivity contribution >= 4 is 28.5 Å². The number of nitrogens with zero attached hydrogens (tertiary/aromatic N) is 2. The molecule has 3 amide bonds. The van der Waals surface area contributed by atoms with Gasteiger partial charge in [0.1, 0.15) is 0 Å². The molecule has 0 aromatic heterocycles. The number of hydrogen-bond donors (Lipinski definition) is 0. The van der Waals surface area contributed by atoms with E-state index in [0.717, 1.165) is 23.6 Å². The highest BCUT2D eigenvalue weighted by Gasteiger charge is 2.33. The van der Waals surface area contributed by atoms with E-state index in [4.69, 9.17) is 0 Å². The number of fused-ring (bicyclic) bond motifs is 1. The molecule has 5 rings (SSSR count). The maximum atomic E-state index is 13.0. The third kappa shape index (κ3) is 3.21. The number of rotatable bonds is 5.